The highest BCUT2D eigenvalue weighted by Crippen LogP contribution is 2.25. The largest absolute Gasteiger partial charge is 0.314 e. The number of piperidine rings is 1. The molecule has 0 spiro atoms. The molecular formula is C12H15F2N. The van der Waals surface area contributed by atoms with E-state index in [4.69, 9.17) is 0 Å². The van der Waals surface area contributed by atoms with Crippen molar-refractivity contribution in [2.75, 3.05) is 13.1 Å². The monoisotopic (exact) mass is 211 g/mol. The normalized spacial score (nSPS) is 26.5. The number of benzene rings is 1. The highest BCUT2D eigenvalue weighted by atomic mass is 19.1. The molecule has 1 aromatic carbocycles. The van der Waals surface area contributed by atoms with Crippen molar-refractivity contribution in [2.24, 2.45) is 0 Å². The Balaban J connectivity index is 2.03. The van der Waals surface area contributed by atoms with Crippen LogP contribution in [0.1, 0.15) is 18.4 Å². The molecule has 0 bridgehead atoms. The van der Waals surface area contributed by atoms with E-state index in [9.17, 15) is 8.78 Å². The van der Waals surface area contributed by atoms with Gasteiger partial charge in [-0.2, -0.15) is 0 Å². The van der Waals surface area contributed by atoms with E-state index < -0.39 is 5.67 Å². The number of hydrogen-bond donors (Lipinski definition) is 1. The molecule has 0 aliphatic carbocycles. The molecular weight excluding hydrogens is 196 g/mol. The van der Waals surface area contributed by atoms with E-state index in [1.54, 1.807) is 12.1 Å². The fourth-order valence-electron chi connectivity index (χ4n) is 2.05. The maximum Gasteiger partial charge on any atom is 0.127 e. The van der Waals surface area contributed by atoms with Crippen molar-refractivity contribution in [3.05, 3.63) is 35.6 Å². The minimum Gasteiger partial charge on any atom is -0.314 e. The molecule has 0 aromatic heterocycles. The fourth-order valence-corrected chi connectivity index (χ4v) is 2.05. The van der Waals surface area contributed by atoms with Gasteiger partial charge in [-0.1, -0.05) is 12.1 Å². The standard InChI is InChI=1S/C12H15F2N/c13-11-4-2-10(3-5-11)8-12(14)6-1-7-15-9-12/h2-5,15H,1,6-9H2. The zero-order valence-corrected chi connectivity index (χ0v) is 8.60. The molecule has 0 amide bonds. The van der Waals surface area contributed by atoms with Crippen molar-refractivity contribution >= 4 is 0 Å². The first-order valence-electron chi connectivity index (χ1n) is 5.32. The Morgan fingerprint density at radius 1 is 1.27 bits per heavy atom. The maximum atomic E-state index is 14.2. The lowest BCUT2D eigenvalue weighted by molar-refractivity contribution is 0.122. The van der Waals surface area contributed by atoms with Crippen molar-refractivity contribution in [2.45, 2.75) is 24.9 Å². The van der Waals surface area contributed by atoms with E-state index in [2.05, 4.69) is 5.32 Å². The topological polar surface area (TPSA) is 12.0 Å². The molecule has 1 aliphatic heterocycles. The van der Waals surface area contributed by atoms with Crippen LogP contribution in [0.2, 0.25) is 0 Å². The lowest BCUT2D eigenvalue weighted by Crippen LogP contribution is -2.43. The summed E-state index contributed by atoms with van der Waals surface area (Å²) in [6, 6.07) is 6.08. The van der Waals surface area contributed by atoms with Crippen LogP contribution in [0.5, 0.6) is 0 Å². The van der Waals surface area contributed by atoms with Crippen LogP contribution in [-0.2, 0) is 6.42 Å². The number of hydrogen-bond acceptors (Lipinski definition) is 1. The summed E-state index contributed by atoms with van der Waals surface area (Å²) in [4.78, 5) is 0. The van der Waals surface area contributed by atoms with Crippen LogP contribution in [0.4, 0.5) is 8.78 Å². The number of halogens is 2. The quantitative estimate of drug-likeness (QED) is 0.792. The first-order valence-corrected chi connectivity index (χ1v) is 5.32. The first kappa shape index (κ1) is 10.6. The Bertz CT molecular complexity index is 315. The second-order valence-electron chi connectivity index (χ2n) is 4.23. The van der Waals surface area contributed by atoms with E-state index in [0.29, 0.717) is 19.4 Å². The smallest absolute Gasteiger partial charge is 0.127 e. The Morgan fingerprint density at radius 3 is 2.60 bits per heavy atom. The third kappa shape index (κ3) is 2.75. The van der Waals surface area contributed by atoms with Gasteiger partial charge >= 0.3 is 0 Å². The molecule has 1 unspecified atom stereocenters. The van der Waals surface area contributed by atoms with Gasteiger partial charge in [0.15, 0.2) is 0 Å². The van der Waals surface area contributed by atoms with Crippen molar-refractivity contribution in [1.29, 1.82) is 0 Å². The molecule has 1 aliphatic rings. The minimum absolute atomic E-state index is 0.270. The van der Waals surface area contributed by atoms with E-state index in [0.717, 1.165) is 18.5 Å². The van der Waals surface area contributed by atoms with Gasteiger partial charge in [0, 0.05) is 13.0 Å². The van der Waals surface area contributed by atoms with Gasteiger partial charge in [0.05, 0.1) is 0 Å². The molecule has 1 atom stereocenters. The SMILES string of the molecule is Fc1ccc(CC2(F)CCCNC2)cc1. The third-order valence-corrected chi connectivity index (χ3v) is 2.85. The van der Waals surface area contributed by atoms with E-state index in [-0.39, 0.29) is 5.82 Å². The van der Waals surface area contributed by atoms with Gasteiger partial charge in [0.25, 0.3) is 0 Å². The van der Waals surface area contributed by atoms with Crippen LogP contribution in [-0.4, -0.2) is 18.8 Å². The molecule has 2 rings (SSSR count). The van der Waals surface area contributed by atoms with E-state index in [1.807, 2.05) is 0 Å². The number of nitrogens with one attached hydrogen (secondary N) is 1. The van der Waals surface area contributed by atoms with Crippen LogP contribution < -0.4 is 5.32 Å². The third-order valence-electron chi connectivity index (χ3n) is 2.85. The number of alkyl halides is 1. The average Bonchev–Trinajstić information content (AvgIpc) is 2.22. The summed E-state index contributed by atoms with van der Waals surface area (Å²) in [5, 5.41) is 3.06. The molecule has 1 heterocycles. The van der Waals surface area contributed by atoms with Gasteiger partial charge in [-0.15, -0.1) is 0 Å². The zero-order chi connectivity index (χ0) is 10.7. The molecule has 1 saturated heterocycles. The Morgan fingerprint density at radius 2 is 2.00 bits per heavy atom. The molecule has 1 nitrogen and oxygen atoms in total. The second-order valence-corrected chi connectivity index (χ2v) is 4.23. The highest BCUT2D eigenvalue weighted by molar-refractivity contribution is 5.18. The van der Waals surface area contributed by atoms with Gasteiger partial charge in [0.2, 0.25) is 0 Å². The Kier molecular flexibility index (Phi) is 3.00. The highest BCUT2D eigenvalue weighted by Gasteiger charge is 2.31. The van der Waals surface area contributed by atoms with Gasteiger partial charge < -0.3 is 5.32 Å². The summed E-state index contributed by atoms with van der Waals surface area (Å²) in [5.74, 6) is -0.270. The second kappa shape index (κ2) is 4.27. The van der Waals surface area contributed by atoms with E-state index in [1.165, 1.54) is 12.1 Å². The first-order chi connectivity index (χ1) is 7.18. The Labute approximate surface area is 88.5 Å². The summed E-state index contributed by atoms with van der Waals surface area (Å²) in [7, 11) is 0. The molecule has 0 radical (unpaired) electrons. The van der Waals surface area contributed by atoms with E-state index >= 15 is 0 Å². The van der Waals surface area contributed by atoms with Crippen molar-refractivity contribution in [3.8, 4) is 0 Å². The molecule has 15 heavy (non-hydrogen) atoms. The predicted octanol–water partition coefficient (Wildman–Crippen LogP) is 2.46. The molecule has 1 aromatic rings. The van der Waals surface area contributed by atoms with Gasteiger partial charge in [-0.05, 0) is 37.1 Å². The van der Waals surface area contributed by atoms with Gasteiger partial charge in [0.1, 0.15) is 11.5 Å². The summed E-state index contributed by atoms with van der Waals surface area (Å²) in [6.07, 6.45) is 1.84. The summed E-state index contributed by atoms with van der Waals surface area (Å²) in [6.45, 7) is 1.31. The van der Waals surface area contributed by atoms with Crippen LogP contribution in [0.3, 0.4) is 0 Å². The molecule has 82 valence electrons. The fraction of sp³-hybridized carbons (Fsp3) is 0.500. The van der Waals surface area contributed by atoms with Gasteiger partial charge in [-0.25, -0.2) is 8.78 Å². The molecule has 0 saturated carbocycles. The minimum atomic E-state index is -1.16. The van der Waals surface area contributed by atoms with Crippen LogP contribution in [0.25, 0.3) is 0 Å². The lowest BCUT2D eigenvalue weighted by atomic mass is 9.89. The van der Waals surface area contributed by atoms with Crippen LogP contribution in [0, 0.1) is 5.82 Å². The predicted molar refractivity (Wildman–Crippen MR) is 56.0 cm³/mol. The molecule has 1 fully saturated rings. The maximum absolute atomic E-state index is 14.2. The Hall–Kier alpha value is -0.960. The van der Waals surface area contributed by atoms with Gasteiger partial charge in [-0.3, -0.25) is 0 Å². The van der Waals surface area contributed by atoms with Crippen LogP contribution >= 0.6 is 0 Å². The van der Waals surface area contributed by atoms with Crippen molar-refractivity contribution in [3.63, 3.8) is 0 Å². The van der Waals surface area contributed by atoms with Crippen molar-refractivity contribution < 1.29 is 8.78 Å². The average molecular weight is 211 g/mol. The summed E-state index contributed by atoms with van der Waals surface area (Å²) >= 11 is 0. The zero-order valence-electron chi connectivity index (χ0n) is 8.60. The molecule has 3 heteroatoms. The summed E-state index contributed by atoms with van der Waals surface area (Å²) < 4.78 is 26.9. The molecule has 1 N–H and O–H groups in total. The lowest BCUT2D eigenvalue weighted by Gasteiger charge is -2.30. The summed E-state index contributed by atoms with van der Waals surface area (Å²) in [5.41, 5.74) is -0.293. The number of rotatable bonds is 2. The van der Waals surface area contributed by atoms with Crippen molar-refractivity contribution in [1.82, 2.24) is 5.32 Å². The van der Waals surface area contributed by atoms with Crippen LogP contribution in [0.15, 0.2) is 24.3 Å².